The minimum absolute atomic E-state index is 0.0702. The summed E-state index contributed by atoms with van der Waals surface area (Å²) in [4.78, 5) is 15.0. The Hall–Kier alpha value is -0.610. The molecule has 0 bridgehead atoms. The van der Waals surface area contributed by atoms with Crippen molar-refractivity contribution in [3.63, 3.8) is 0 Å². The van der Waals surface area contributed by atoms with Gasteiger partial charge in [-0.15, -0.1) is 0 Å². The molecule has 4 heteroatoms. The fourth-order valence-corrected chi connectivity index (χ4v) is 3.73. The van der Waals surface area contributed by atoms with Gasteiger partial charge in [0.05, 0.1) is 6.61 Å². The van der Waals surface area contributed by atoms with Gasteiger partial charge in [0, 0.05) is 18.1 Å². The second-order valence-corrected chi connectivity index (χ2v) is 6.63. The van der Waals surface area contributed by atoms with E-state index in [1.165, 1.54) is 0 Å². The summed E-state index contributed by atoms with van der Waals surface area (Å²) in [5.74, 6) is -0.0702. The van der Waals surface area contributed by atoms with Crippen LogP contribution in [0.4, 0.5) is 0 Å². The summed E-state index contributed by atoms with van der Waals surface area (Å²) in [6.45, 7) is 11.0. The van der Waals surface area contributed by atoms with Crippen molar-refractivity contribution in [2.75, 3.05) is 13.7 Å². The Labute approximate surface area is 130 Å². The Morgan fingerprint density at radius 2 is 1.95 bits per heavy atom. The topological polar surface area (TPSA) is 41.6 Å². The van der Waals surface area contributed by atoms with Crippen molar-refractivity contribution in [3.05, 3.63) is 0 Å². The Balaban J connectivity index is 2.82. The third-order valence-electron chi connectivity index (χ3n) is 4.81. The summed E-state index contributed by atoms with van der Waals surface area (Å²) < 4.78 is 5.35. The lowest BCUT2D eigenvalue weighted by Gasteiger charge is -2.34. The summed E-state index contributed by atoms with van der Waals surface area (Å²) >= 11 is 0. The van der Waals surface area contributed by atoms with E-state index in [2.05, 4.69) is 45.0 Å². The average molecular weight is 298 g/mol. The standard InChI is InChI=1S/C17H34N2O2/c1-7-14(8-2)19(6)15-10-11-17(12-15,18-13(4)5)16(20)21-9-3/h13-15,18H,7-12H2,1-6H3. The van der Waals surface area contributed by atoms with Gasteiger partial charge < -0.3 is 9.64 Å². The van der Waals surface area contributed by atoms with Gasteiger partial charge in [0.25, 0.3) is 0 Å². The first-order chi connectivity index (χ1) is 9.90. The molecule has 1 N–H and O–H groups in total. The zero-order chi connectivity index (χ0) is 16.0. The molecule has 1 fully saturated rings. The second kappa shape index (κ2) is 8.14. The highest BCUT2D eigenvalue weighted by Crippen LogP contribution is 2.35. The number of hydrogen-bond acceptors (Lipinski definition) is 4. The SMILES string of the molecule is CCOC(=O)C1(NC(C)C)CCC(N(C)C(CC)CC)C1. The fourth-order valence-electron chi connectivity index (χ4n) is 3.73. The van der Waals surface area contributed by atoms with Crippen LogP contribution in [-0.4, -0.2) is 48.2 Å². The van der Waals surface area contributed by atoms with E-state index < -0.39 is 5.54 Å². The van der Waals surface area contributed by atoms with Crippen molar-refractivity contribution >= 4 is 5.97 Å². The molecule has 0 aromatic carbocycles. The maximum atomic E-state index is 12.5. The van der Waals surface area contributed by atoms with Gasteiger partial charge in [0.2, 0.25) is 0 Å². The van der Waals surface area contributed by atoms with Gasteiger partial charge in [0.15, 0.2) is 0 Å². The van der Waals surface area contributed by atoms with Crippen LogP contribution in [0.1, 0.15) is 66.7 Å². The van der Waals surface area contributed by atoms with Gasteiger partial charge in [0.1, 0.15) is 5.54 Å². The molecule has 0 aromatic heterocycles. The Morgan fingerprint density at radius 1 is 1.33 bits per heavy atom. The largest absolute Gasteiger partial charge is 0.465 e. The predicted molar refractivity (Wildman–Crippen MR) is 87.4 cm³/mol. The summed E-state index contributed by atoms with van der Waals surface area (Å²) in [7, 11) is 2.21. The maximum absolute atomic E-state index is 12.5. The van der Waals surface area contributed by atoms with E-state index in [1.54, 1.807) is 0 Å². The van der Waals surface area contributed by atoms with Crippen molar-refractivity contribution in [2.24, 2.45) is 0 Å². The average Bonchev–Trinajstić information content (AvgIpc) is 2.85. The Kier molecular flexibility index (Phi) is 7.14. The Bertz CT molecular complexity index is 329. The molecular formula is C17H34N2O2. The smallest absolute Gasteiger partial charge is 0.326 e. The number of rotatable bonds is 8. The van der Waals surface area contributed by atoms with Crippen LogP contribution in [-0.2, 0) is 9.53 Å². The molecule has 0 heterocycles. The van der Waals surface area contributed by atoms with Crippen LogP contribution in [0.3, 0.4) is 0 Å². The predicted octanol–water partition coefficient (Wildman–Crippen LogP) is 2.96. The molecule has 2 atom stereocenters. The van der Waals surface area contributed by atoms with Gasteiger partial charge in [-0.1, -0.05) is 13.8 Å². The molecule has 1 aliphatic carbocycles. The number of carbonyl (C=O) groups excluding carboxylic acids is 1. The number of esters is 1. The zero-order valence-electron chi connectivity index (χ0n) is 14.7. The van der Waals surface area contributed by atoms with E-state index >= 15 is 0 Å². The first-order valence-corrected chi connectivity index (χ1v) is 8.57. The molecule has 4 nitrogen and oxygen atoms in total. The normalized spacial score (nSPS) is 26.0. The van der Waals surface area contributed by atoms with E-state index in [1.807, 2.05) is 6.92 Å². The van der Waals surface area contributed by atoms with Crippen LogP contribution in [0.15, 0.2) is 0 Å². The van der Waals surface area contributed by atoms with Gasteiger partial charge in [-0.2, -0.15) is 0 Å². The molecule has 1 aliphatic rings. The lowest BCUT2D eigenvalue weighted by atomic mass is 9.95. The van der Waals surface area contributed by atoms with Crippen molar-refractivity contribution < 1.29 is 9.53 Å². The van der Waals surface area contributed by atoms with Crippen LogP contribution < -0.4 is 5.32 Å². The molecule has 0 saturated heterocycles. The van der Waals surface area contributed by atoms with Crippen molar-refractivity contribution in [2.45, 2.75) is 90.4 Å². The van der Waals surface area contributed by atoms with Crippen LogP contribution in [0.5, 0.6) is 0 Å². The zero-order valence-corrected chi connectivity index (χ0v) is 14.7. The highest BCUT2D eigenvalue weighted by molar-refractivity contribution is 5.81. The summed E-state index contributed by atoms with van der Waals surface area (Å²) in [5.41, 5.74) is -0.491. The van der Waals surface area contributed by atoms with Crippen LogP contribution >= 0.6 is 0 Å². The van der Waals surface area contributed by atoms with Gasteiger partial charge in [-0.25, -0.2) is 0 Å². The lowest BCUT2D eigenvalue weighted by molar-refractivity contribution is -0.151. The summed E-state index contributed by atoms with van der Waals surface area (Å²) in [5, 5.41) is 3.50. The molecule has 1 saturated carbocycles. The van der Waals surface area contributed by atoms with E-state index in [0.29, 0.717) is 18.7 Å². The monoisotopic (exact) mass is 298 g/mol. The first kappa shape index (κ1) is 18.4. The van der Waals surface area contributed by atoms with Gasteiger partial charge in [-0.05, 0) is 59.9 Å². The van der Waals surface area contributed by atoms with Crippen LogP contribution in [0.25, 0.3) is 0 Å². The molecule has 0 radical (unpaired) electrons. The third kappa shape index (κ3) is 4.43. The number of ether oxygens (including phenoxy) is 1. The van der Waals surface area contributed by atoms with E-state index in [9.17, 15) is 4.79 Å². The number of hydrogen-bond donors (Lipinski definition) is 1. The maximum Gasteiger partial charge on any atom is 0.326 e. The molecule has 0 aromatic rings. The minimum Gasteiger partial charge on any atom is -0.465 e. The minimum atomic E-state index is -0.491. The van der Waals surface area contributed by atoms with Crippen molar-refractivity contribution in [1.29, 1.82) is 0 Å². The highest BCUT2D eigenvalue weighted by atomic mass is 16.5. The Morgan fingerprint density at radius 3 is 2.43 bits per heavy atom. The second-order valence-electron chi connectivity index (χ2n) is 6.63. The number of nitrogens with zero attached hydrogens (tertiary/aromatic N) is 1. The lowest BCUT2D eigenvalue weighted by Crippen LogP contribution is -2.55. The third-order valence-corrected chi connectivity index (χ3v) is 4.81. The molecular weight excluding hydrogens is 264 g/mol. The van der Waals surface area contributed by atoms with Crippen molar-refractivity contribution in [3.8, 4) is 0 Å². The molecule has 0 aliphatic heterocycles. The van der Waals surface area contributed by atoms with Gasteiger partial charge in [-0.3, -0.25) is 10.1 Å². The quantitative estimate of drug-likeness (QED) is 0.700. The van der Waals surface area contributed by atoms with Gasteiger partial charge >= 0.3 is 5.97 Å². The first-order valence-electron chi connectivity index (χ1n) is 8.57. The summed E-state index contributed by atoms with van der Waals surface area (Å²) in [6.07, 6.45) is 5.11. The molecule has 0 amide bonds. The molecule has 0 spiro atoms. The molecule has 21 heavy (non-hydrogen) atoms. The summed E-state index contributed by atoms with van der Waals surface area (Å²) in [6, 6.07) is 1.35. The molecule has 2 unspecified atom stereocenters. The van der Waals surface area contributed by atoms with Crippen LogP contribution in [0, 0.1) is 0 Å². The molecule has 124 valence electrons. The van der Waals surface area contributed by atoms with E-state index in [0.717, 1.165) is 32.1 Å². The van der Waals surface area contributed by atoms with E-state index in [4.69, 9.17) is 4.74 Å². The number of carbonyl (C=O) groups is 1. The highest BCUT2D eigenvalue weighted by Gasteiger charge is 2.48. The van der Waals surface area contributed by atoms with E-state index in [-0.39, 0.29) is 12.0 Å². The molecule has 1 rings (SSSR count). The van der Waals surface area contributed by atoms with Crippen LogP contribution in [0.2, 0.25) is 0 Å². The number of nitrogens with one attached hydrogen (secondary N) is 1. The fraction of sp³-hybridized carbons (Fsp3) is 0.941. The van der Waals surface area contributed by atoms with Crippen molar-refractivity contribution in [1.82, 2.24) is 10.2 Å².